The summed E-state index contributed by atoms with van der Waals surface area (Å²) in [4.78, 5) is 0. The van der Waals surface area contributed by atoms with Crippen molar-refractivity contribution in [1.29, 1.82) is 0 Å². The number of hydrogen-bond acceptors (Lipinski definition) is 1. The highest BCUT2D eigenvalue weighted by molar-refractivity contribution is 5.47. The lowest BCUT2D eigenvalue weighted by Gasteiger charge is -2.19. The molecule has 2 aromatic carbocycles. The van der Waals surface area contributed by atoms with Crippen LogP contribution < -0.4 is 4.74 Å². The summed E-state index contributed by atoms with van der Waals surface area (Å²) in [5.41, 5.74) is 3.79. The molecule has 2 rings (SSSR count). The van der Waals surface area contributed by atoms with Gasteiger partial charge in [0.1, 0.15) is 12.4 Å². The highest BCUT2D eigenvalue weighted by atomic mass is 16.5. The molecule has 0 saturated carbocycles. The summed E-state index contributed by atoms with van der Waals surface area (Å²) < 4.78 is 5.81. The molecule has 0 radical (unpaired) electrons. The maximum Gasteiger partial charge on any atom is 0.119 e. The van der Waals surface area contributed by atoms with Gasteiger partial charge in [0.05, 0.1) is 0 Å². The molecular formula is C19H22O. The van der Waals surface area contributed by atoms with Gasteiger partial charge in [0, 0.05) is 0 Å². The third-order valence-corrected chi connectivity index (χ3v) is 3.34. The fraction of sp³-hybridized carbons (Fsp3) is 0.263. The Bertz CT molecular complexity index is 556. The van der Waals surface area contributed by atoms with E-state index in [0.29, 0.717) is 6.61 Å². The monoisotopic (exact) mass is 266 g/mol. The fourth-order valence-electron chi connectivity index (χ4n) is 1.97. The molecule has 0 aliphatic rings. The van der Waals surface area contributed by atoms with Crippen LogP contribution in [-0.4, -0.2) is 0 Å². The molecule has 1 heteroatoms. The molecule has 1 nitrogen and oxygen atoms in total. The van der Waals surface area contributed by atoms with Crippen molar-refractivity contribution < 1.29 is 4.74 Å². The smallest absolute Gasteiger partial charge is 0.119 e. The second-order valence-corrected chi connectivity index (χ2v) is 6.01. The molecule has 20 heavy (non-hydrogen) atoms. The van der Waals surface area contributed by atoms with Crippen molar-refractivity contribution in [2.45, 2.75) is 32.8 Å². The summed E-state index contributed by atoms with van der Waals surface area (Å²) in [5.74, 6) is 0.908. The van der Waals surface area contributed by atoms with Crippen molar-refractivity contribution in [3.8, 4) is 5.75 Å². The molecule has 0 aromatic heterocycles. The number of ether oxygens (including phenoxy) is 1. The predicted molar refractivity (Wildman–Crippen MR) is 86.0 cm³/mol. The minimum absolute atomic E-state index is 0.180. The van der Waals surface area contributed by atoms with E-state index in [1.165, 1.54) is 5.56 Å². The third kappa shape index (κ3) is 3.74. The van der Waals surface area contributed by atoms with E-state index >= 15 is 0 Å². The van der Waals surface area contributed by atoms with Gasteiger partial charge in [-0.05, 0) is 34.2 Å². The second kappa shape index (κ2) is 5.96. The van der Waals surface area contributed by atoms with E-state index in [0.717, 1.165) is 16.9 Å². The van der Waals surface area contributed by atoms with E-state index in [9.17, 15) is 0 Å². The van der Waals surface area contributed by atoms with E-state index in [4.69, 9.17) is 4.74 Å². The molecule has 2 aromatic rings. The lowest BCUT2D eigenvalue weighted by atomic mass is 9.87. The molecule has 0 spiro atoms. The van der Waals surface area contributed by atoms with Crippen molar-refractivity contribution in [2.24, 2.45) is 0 Å². The summed E-state index contributed by atoms with van der Waals surface area (Å²) in [6.45, 7) is 11.0. The SMILES string of the molecule is C=Cc1ccc(COc2ccc(C(C)(C)C)cc2)cc1. The summed E-state index contributed by atoms with van der Waals surface area (Å²) in [5, 5.41) is 0. The first kappa shape index (κ1) is 14.4. The van der Waals surface area contributed by atoms with Gasteiger partial charge in [0.15, 0.2) is 0 Å². The molecule has 0 atom stereocenters. The predicted octanol–water partition coefficient (Wildman–Crippen LogP) is 5.21. The Kier molecular flexibility index (Phi) is 4.29. The van der Waals surface area contributed by atoms with Gasteiger partial charge in [-0.1, -0.05) is 69.8 Å². The van der Waals surface area contributed by atoms with Gasteiger partial charge < -0.3 is 4.74 Å². The zero-order chi connectivity index (χ0) is 14.6. The quantitative estimate of drug-likeness (QED) is 0.738. The molecule has 0 amide bonds. The fourth-order valence-corrected chi connectivity index (χ4v) is 1.97. The van der Waals surface area contributed by atoms with Crippen LogP contribution in [0.1, 0.15) is 37.5 Å². The minimum Gasteiger partial charge on any atom is -0.489 e. The van der Waals surface area contributed by atoms with E-state index in [1.807, 2.05) is 30.3 Å². The van der Waals surface area contributed by atoms with Gasteiger partial charge >= 0.3 is 0 Å². The lowest BCUT2D eigenvalue weighted by molar-refractivity contribution is 0.306. The van der Waals surface area contributed by atoms with Crippen LogP contribution in [-0.2, 0) is 12.0 Å². The molecule has 0 fully saturated rings. The van der Waals surface area contributed by atoms with Crippen LogP contribution in [0.5, 0.6) is 5.75 Å². The first-order valence-corrected chi connectivity index (χ1v) is 6.94. The first-order valence-electron chi connectivity index (χ1n) is 6.94. The Morgan fingerprint density at radius 3 is 2.05 bits per heavy atom. The molecule has 0 N–H and O–H groups in total. The van der Waals surface area contributed by atoms with Crippen molar-refractivity contribution in [3.63, 3.8) is 0 Å². The van der Waals surface area contributed by atoms with Gasteiger partial charge in [-0.2, -0.15) is 0 Å². The molecule has 0 aliphatic heterocycles. The first-order chi connectivity index (χ1) is 9.49. The Balaban J connectivity index is 1.98. The lowest BCUT2D eigenvalue weighted by Crippen LogP contribution is -2.10. The molecule has 0 saturated heterocycles. The van der Waals surface area contributed by atoms with E-state index < -0.39 is 0 Å². The Morgan fingerprint density at radius 2 is 1.55 bits per heavy atom. The maximum atomic E-state index is 5.81. The van der Waals surface area contributed by atoms with Gasteiger partial charge in [0.2, 0.25) is 0 Å². The van der Waals surface area contributed by atoms with Gasteiger partial charge in [-0.3, -0.25) is 0 Å². The molecule has 0 heterocycles. The number of rotatable bonds is 4. The molecule has 104 valence electrons. The average molecular weight is 266 g/mol. The Morgan fingerprint density at radius 1 is 0.950 bits per heavy atom. The summed E-state index contributed by atoms with van der Waals surface area (Å²) >= 11 is 0. The van der Waals surface area contributed by atoms with Gasteiger partial charge in [-0.15, -0.1) is 0 Å². The van der Waals surface area contributed by atoms with Crippen molar-refractivity contribution >= 4 is 6.08 Å². The third-order valence-electron chi connectivity index (χ3n) is 3.34. The molecule has 0 unspecified atom stereocenters. The highest BCUT2D eigenvalue weighted by Crippen LogP contribution is 2.24. The highest BCUT2D eigenvalue weighted by Gasteiger charge is 2.12. The normalized spacial score (nSPS) is 11.2. The van der Waals surface area contributed by atoms with E-state index in [1.54, 1.807) is 0 Å². The number of benzene rings is 2. The standard InChI is InChI=1S/C19H22O/c1-5-15-6-8-16(9-7-15)14-20-18-12-10-17(11-13-18)19(2,3)4/h5-13H,1,14H2,2-4H3. The Hall–Kier alpha value is -2.02. The van der Waals surface area contributed by atoms with E-state index in [2.05, 4.69) is 51.6 Å². The largest absolute Gasteiger partial charge is 0.489 e. The van der Waals surface area contributed by atoms with Crippen molar-refractivity contribution in [3.05, 3.63) is 71.8 Å². The maximum absolute atomic E-state index is 5.81. The van der Waals surface area contributed by atoms with Crippen LogP contribution >= 0.6 is 0 Å². The molecule has 0 bridgehead atoms. The van der Waals surface area contributed by atoms with Crippen LogP contribution in [0.4, 0.5) is 0 Å². The van der Waals surface area contributed by atoms with Crippen LogP contribution in [0, 0.1) is 0 Å². The van der Waals surface area contributed by atoms with Gasteiger partial charge in [0.25, 0.3) is 0 Å². The molecular weight excluding hydrogens is 244 g/mol. The molecule has 0 aliphatic carbocycles. The van der Waals surface area contributed by atoms with E-state index in [-0.39, 0.29) is 5.41 Å². The Labute approximate surface area is 121 Å². The summed E-state index contributed by atoms with van der Waals surface area (Å²) in [7, 11) is 0. The topological polar surface area (TPSA) is 9.23 Å². The zero-order valence-corrected chi connectivity index (χ0v) is 12.5. The summed E-state index contributed by atoms with van der Waals surface area (Å²) in [6.07, 6.45) is 1.84. The minimum atomic E-state index is 0.180. The number of hydrogen-bond donors (Lipinski definition) is 0. The second-order valence-electron chi connectivity index (χ2n) is 6.01. The van der Waals surface area contributed by atoms with Crippen LogP contribution in [0.25, 0.3) is 6.08 Å². The average Bonchev–Trinajstić information content (AvgIpc) is 2.45. The van der Waals surface area contributed by atoms with Crippen LogP contribution in [0.3, 0.4) is 0 Å². The van der Waals surface area contributed by atoms with Crippen LogP contribution in [0.15, 0.2) is 55.1 Å². The van der Waals surface area contributed by atoms with Crippen molar-refractivity contribution in [2.75, 3.05) is 0 Å². The zero-order valence-electron chi connectivity index (χ0n) is 12.5. The summed E-state index contributed by atoms with van der Waals surface area (Å²) in [6, 6.07) is 16.6. The van der Waals surface area contributed by atoms with Crippen molar-refractivity contribution in [1.82, 2.24) is 0 Å². The van der Waals surface area contributed by atoms with Gasteiger partial charge in [-0.25, -0.2) is 0 Å². The van der Waals surface area contributed by atoms with Crippen LogP contribution in [0.2, 0.25) is 0 Å².